The molecule has 0 radical (unpaired) electrons. The molecule has 0 aromatic heterocycles. The van der Waals surface area contributed by atoms with Crippen molar-refractivity contribution in [3.8, 4) is 0 Å². The Kier molecular flexibility index (Phi) is 14.5. The molecule has 232 valence electrons. The van der Waals surface area contributed by atoms with Gasteiger partial charge < -0.3 is 28.8 Å². The Morgan fingerprint density at radius 3 is 2.38 bits per heavy atom. The molecule has 1 aliphatic heterocycles. The summed E-state index contributed by atoms with van der Waals surface area (Å²) >= 11 is 0. The number of allylic oxidation sites excluding steroid dienone is 1. The third-order valence-corrected chi connectivity index (χ3v) is 6.47. The average molecular weight is 592 g/mol. The summed E-state index contributed by atoms with van der Waals surface area (Å²) in [6.45, 7) is 7.51. The van der Waals surface area contributed by atoms with Crippen molar-refractivity contribution in [3.05, 3.63) is 41.5 Å². The Bertz CT molecular complexity index is 1130. The van der Waals surface area contributed by atoms with Gasteiger partial charge in [-0.15, -0.1) is 0 Å². The largest absolute Gasteiger partial charge is 0.451 e. The molecule has 1 fully saturated rings. The molecular weight excluding hydrogens is 550 g/mol. The SMILES string of the molecule is CO[C@@H](C(=O)N1C(=O)OC[C@H]1C(C)C)[C@@H](OC(C)=O)C(=O)C=C(C(=O)CCCOCCOCCO)c1cccc(C)c1. The number of hydrogen-bond donors (Lipinski definition) is 1. The van der Waals surface area contributed by atoms with Gasteiger partial charge in [-0.25, -0.2) is 9.69 Å². The predicted octanol–water partition coefficient (Wildman–Crippen LogP) is 2.27. The molecule has 3 atom stereocenters. The smallest absolute Gasteiger partial charge is 0.417 e. The number of rotatable bonds is 18. The van der Waals surface area contributed by atoms with E-state index in [1.165, 1.54) is 0 Å². The summed E-state index contributed by atoms with van der Waals surface area (Å²) < 4.78 is 26.2. The summed E-state index contributed by atoms with van der Waals surface area (Å²) in [5.41, 5.74) is 1.38. The van der Waals surface area contributed by atoms with Crippen molar-refractivity contribution in [2.75, 3.05) is 46.8 Å². The fraction of sp³-hybridized carbons (Fsp3) is 0.567. The Morgan fingerprint density at radius 1 is 1.10 bits per heavy atom. The highest BCUT2D eigenvalue weighted by Gasteiger charge is 2.47. The van der Waals surface area contributed by atoms with E-state index < -0.39 is 42.0 Å². The van der Waals surface area contributed by atoms with Crippen LogP contribution in [0.15, 0.2) is 30.3 Å². The highest BCUT2D eigenvalue weighted by atomic mass is 16.6. The number of cyclic esters (lactones) is 1. The van der Waals surface area contributed by atoms with Gasteiger partial charge in [-0.1, -0.05) is 43.7 Å². The first-order valence-corrected chi connectivity index (χ1v) is 13.8. The molecule has 12 nitrogen and oxygen atoms in total. The molecule has 1 saturated heterocycles. The van der Waals surface area contributed by atoms with Crippen molar-refractivity contribution in [2.24, 2.45) is 5.92 Å². The van der Waals surface area contributed by atoms with Crippen LogP contribution >= 0.6 is 0 Å². The molecule has 2 amide bonds. The fourth-order valence-electron chi connectivity index (χ4n) is 4.34. The molecule has 0 spiro atoms. The molecule has 1 aromatic carbocycles. The van der Waals surface area contributed by atoms with Gasteiger partial charge in [-0.3, -0.25) is 19.2 Å². The maximum Gasteiger partial charge on any atom is 0.417 e. The third-order valence-electron chi connectivity index (χ3n) is 6.47. The second kappa shape index (κ2) is 17.5. The molecule has 12 heteroatoms. The number of ether oxygens (including phenoxy) is 5. The molecule has 0 bridgehead atoms. The van der Waals surface area contributed by atoms with Gasteiger partial charge in [-0.05, 0) is 30.9 Å². The molecule has 42 heavy (non-hydrogen) atoms. The number of Topliss-reactive ketones (excluding diaryl/α,β-unsaturated/α-hetero) is 1. The van der Waals surface area contributed by atoms with E-state index in [9.17, 15) is 24.0 Å². The van der Waals surface area contributed by atoms with Crippen LogP contribution in [0.5, 0.6) is 0 Å². The number of nitrogens with zero attached hydrogens (tertiary/aromatic N) is 1. The lowest BCUT2D eigenvalue weighted by Gasteiger charge is -2.29. The number of hydrogen-bond acceptors (Lipinski definition) is 11. The minimum absolute atomic E-state index is 0.0177. The van der Waals surface area contributed by atoms with Gasteiger partial charge in [0.05, 0.1) is 32.5 Å². The summed E-state index contributed by atoms with van der Waals surface area (Å²) in [6.07, 6.45) is -2.86. The van der Waals surface area contributed by atoms with E-state index in [-0.39, 0.29) is 50.1 Å². The van der Waals surface area contributed by atoms with Crippen LogP contribution in [0.25, 0.3) is 5.57 Å². The number of esters is 1. The Morgan fingerprint density at radius 2 is 1.79 bits per heavy atom. The highest BCUT2D eigenvalue weighted by Crippen LogP contribution is 2.25. The van der Waals surface area contributed by atoms with E-state index >= 15 is 0 Å². The van der Waals surface area contributed by atoms with Crippen LogP contribution in [0.2, 0.25) is 0 Å². The number of amides is 2. The number of aliphatic hydroxyl groups excluding tert-OH is 1. The van der Waals surface area contributed by atoms with E-state index in [2.05, 4.69) is 0 Å². The number of methoxy groups -OCH3 is 1. The lowest BCUT2D eigenvalue weighted by molar-refractivity contribution is -0.166. The zero-order valence-electron chi connectivity index (χ0n) is 24.8. The van der Waals surface area contributed by atoms with Crippen LogP contribution in [0.4, 0.5) is 4.79 Å². The van der Waals surface area contributed by atoms with Crippen molar-refractivity contribution >= 4 is 35.1 Å². The number of aryl methyl sites for hydroxylation is 1. The molecule has 0 aliphatic carbocycles. The summed E-state index contributed by atoms with van der Waals surface area (Å²) in [5, 5.41) is 8.73. The first-order valence-electron chi connectivity index (χ1n) is 13.8. The van der Waals surface area contributed by atoms with E-state index in [0.717, 1.165) is 30.6 Å². The quantitative estimate of drug-likeness (QED) is 0.152. The molecule has 2 rings (SSSR count). The molecule has 1 N–H and O–H groups in total. The predicted molar refractivity (Wildman–Crippen MR) is 150 cm³/mol. The summed E-state index contributed by atoms with van der Waals surface area (Å²) in [5.74, 6) is -3.12. The Balaban J connectivity index is 2.32. The first kappa shape index (κ1) is 34.7. The number of ketones is 2. The number of carbonyl (C=O) groups excluding carboxylic acids is 5. The molecule has 1 aromatic rings. The second-order valence-corrected chi connectivity index (χ2v) is 10.1. The van der Waals surface area contributed by atoms with Crippen LogP contribution in [0.3, 0.4) is 0 Å². The van der Waals surface area contributed by atoms with Crippen molar-refractivity contribution in [1.29, 1.82) is 0 Å². The summed E-state index contributed by atoms with van der Waals surface area (Å²) in [7, 11) is 1.16. The monoisotopic (exact) mass is 591 g/mol. The van der Waals surface area contributed by atoms with Crippen molar-refractivity contribution < 1.29 is 52.8 Å². The number of benzene rings is 1. The van der Waals surface area contributed by atoms with Gasteiger partial charge in [-0.2, -0.15) is 0 Å². The summed E-state index contributed by atoms with van der Waals surface area (Å²) in [4.78, 5) is 65.8. The zero-order chi connectivity index (χ0) is 31.2. The summed E-state index contributed by atoms with van der Waals surface area (Å²) in [6, 6.07) is 6.38. The maximum absolute atomic E-state index is 13.6. The maximum atomic E-state index is 13.6. The van der Waals surface area contributed by atoms with Gasteiger partial charge in [0, 0.05) is 32.6 Å². The molecule has 1 aliphatic rings. The topological polar surface area (TPSA) is 155 Å². The minimum Gasteiger partial charge on any atom is -0.451 e. The minimum atomic E-state index is -1.77. The number of aliphatic hydroxyl groups is 1. The molecular formula is C30H41NO11. The van der Waals surface area contributed by atoms with Crippen LogP contribution in [0, 0.1) is 12.8 Å². The van der Waals surface area contributed by atoms with Crippen LogP contribution in [-0.2, 0) is 42.9 Å². The Hall–Kier alpha value is -3.45. The van der Waals surface area contributed by atoms with E-state index in [1.807, 2.05) is 26.8 Å². The standard InChI is InChI=1S/C30H41NO11/c1-19(2)24-18-41-30(37)31(24)29(36)28(38-5)27(42-21(4)33)26(35)17-23(22-9-6-8-20(3)16-22)25(34)10-7-12-39-14-15-40-13-11-32/h6,8-9,16-17,19,24,27-28,32H,7,10-15,18H2,1-5H3/t24-,27-,28+/m0/s1. The number of carbonyl (C=O) groups is 5. The zero-order valence-corrected chi connectivity index (χ0v) is 24.8. The van der Waals surface area contributed by atoms with Crippen LogP contribution in [-0.4, -0.2) is 105 Å². The normalized spacial score (nSPS) is 16.7. The second-order valence-electron chi connectivity index (χ2n) is 10.1. The highest BCUT2D eigenvalue weighted by molar-refractivity contribution is 6.25. The van der Waals surface area contributed by atoms with Crippen molar-refractivity contribution in [3.63, 3.8) is 0 Å². The van der Waals surface area contributed by atoms with E-state index in [4.69, 9.17) is 28.8 Å². The molecule has 1 heterocycles. The lowest BCUT2D eigenvalue weighted by Crippen LogP contribution is -2.53. The van der Waals surface area contributed by atoms with E-state index in [1.54, 1.807) is 18.2 Å². The molecule has 0 unspecified atom stereocenters. The fourth-order valence-corrected chi connectivity index (χ4v) is 4.34. The molecule has 0 saturated carbocycles. The van der Waals surface area contributed by atoms with Crippen LogP contribution in [0.1, 0.15) is 44.7 Å². The average Bonchev–Trinajstić information content (AvgIpc) is 3.34. The van der Waals surface area contributed by atoms with Gasteiger partial charge in [0.1, 0.15) is 6.61 Å². The van der Waals surface area contributed by atoms with E-state index in [0.29, 0.717) is 25.2 Å². The van der Waals surface area contributed by atoms with Gasteiger partial charge in [0.15, 0.2) is 23.8 Å². The van der Waals surface area contributed by atoms with Gasteiger partial charge in [0.2, 0.25) is 0 Å². The first-order chi connectivity index (χ1) is 20.0. The third kappa shape index (κ3) is 10.1. The van der Waals surface area contributed by atoms with Gasteiger partial charge in [0.25, 0.3) is 5.91 Å². The van der Waals surface area contributed by atoms with Crippen LogP contribution < -0.4 is 0 Å². The van der Waals surface area contributed by atoms with Crippen molar-refractivity contribution in [2.45, 2.75) is 58.8 Å². The lowest BCUT2D eigenvalue weighted by atomic mass is 9.94. The Labute approximate surface area is 245 Å². The van der Waals surface area contributed by atoms with Gasteiger partial charge >= 0.3 is 12.1 Å². The number of imide groups is 1. The van der Waals surface area contributed by atoms with Crippen molar-refractivity contribution in [1.82, 2.24) is 4.90 Å².